The summed E-state index contributed by atoms with van der Waals surface area (Å²) in [6.45, 7) is 5.86. The van der Waals surface area contributed by atoms with Gasteiger partial charge in [0.25, 0.3) is 5.91 Å². The molecule has 6 nitrogen and oxygen atoms in total. The topological polar surface area (TPSA) is 48.9 Å². The third-order valence-electron chi connectivity index (χ3n) is 5.94. The second kappa shape index (κ2) is 11.3. The SMILES string of the molecule is C[C@@H](Cc1ccccn1)N1CCC(Oc2cccc(C(=O)N(C)CCN(C)C)c2)CC1. The first-order chi connectivity index (χ1) is 14.9. The second-order valence-corrected chi connectivity index (χ2v) is 8.79. The zero-order chi connectivity index (χ0) is 22.2. The van der Waals surface area contributed by atoms with Gasteiger partial charge in [-0.2, -0.15) is 0 Å². The van der Waals surface area contributed by atoms with E-state index in [0.717, 1.165) is 50.3 Å². The Hall–Kier alpha value is -2.44. The normalized spacial score (nSPS) is 16.3. The number of hydrogen-bond acceptors (Lipinski definition) is 5. The first kappa shape index (κ1) is 23.2. The van der Waals surface area contributed by atoms with Crippen molar-refractivity contribution < 1.29 is 9.53 Å². The number of carbonyl (C=O) groups excluding carboxylic acids is 1. The van der Waals surface area contributed by atoms with Gasteiger partial charge in [0.15, 0.2) is 0 Å². The summed E-state index contributed by atoms with van der Waals surface area (Å²) in [7, 11) is 5.87. The molecule has 1 amide bonds. The molecule has 0 spiro atoms. The van der Waals surface area contributed by atoms with Crippen molar-refractivity contribution in [3.63, 3.8) is 0 Å². The van der Waals surface area contributed by atoms with Crippen molar-refractivity contribution in [2.24, 2.45) is 0 Å². The zero-order valence-electron chi connectivity index (χ0n) is 19.3. The van der Waals surface area contributed by atoms with Gasteiger partial charge < -0.3 is 14.5 Å². The Morgan fingerprint density at radius 1 is 1.13 bits per heavy atom. The molecule has 1 saturated heterocycles. The summed E-state index contributed by atoms with van der Waals surface area (Å²) < 4.78 is 6.25. The summed E-state index contributed by atoms with van der Waals surface area (Å²) in [6, 6.07) is 14.2. The van der Waals surface area contributed by atoms with Crippen LogP contribution in [0.5, 0.6) is 5.75 Å². The van der Waals surface area contributed by atoms with Crippen LogP contribution in [0, 0.1) is 0 Å². The molecular weight excluding hydrogens is 388 g/mol. The maximum absolute atomic E-state index is 12.7. The third-order valence-corrected chi connectivity index (χ3v) is 5.94. The van der Waals surface area contributed by atoms with Gasteiger partial charge in [-0.1, -0.05) is 12.1 Å². The van der Waals surface area contributed by atoms with E-state index in [-0.39, 0.29) is 12.0 Å². The molecule has 0 N–H and O–H groups in total. The maximum Gasteiger partial charge on any atom is 0.253 e. The van der Waals surface area contributed by atoms with Gasteiger partial charge in [-0.3, -0.25) is 14.7 Å². The van der Waals surface area contributed by atoms with Crippen LogP contribution < -0.4 is 4.74 Å². The molecule has 0 bridgehead atoms. The van der Waals surface area contributed by atoms with Crippen LogP contribution in [0.25, 0.3) is 0 Å². The Morgan fingerprint density at radius 3 is 2.58 bits per heavy atom. The summed E-state index contributed by atoms with van der Waals surface area (Å²) in [5.41, 5.74) is 1.82. The number of aromatic nitrogens is 1. The van der Waals surface area contributed by atoms with E-state index in [1.807, 2.05) is 63.7 Å². The maximum atomic E-state index is 12.7. The lowest BCUT2D eigenvalue weighted by Gasteiger charge is -2.36. The van der Waals surface area contributed by atoms with Crippen LogP contribution in [0.3, 0.4) is 0 Å². The number of likely N-dealkylation sites (N-methyl/N-ethyl adjacent to an activating group) is 2. The van der Waals surface area contributed by atoms with Crippen LogP contribution in [0.1, 0.15) is 35.8 Å². The molecule has 168 valence electrons. The molecule has 1 fully saturated rings. The Bertz CT molecular complexity index is 819. The average Bonchev–Trinajstić information content (AvgIpc) is 2.78. The Kier molecular flexibility index (Phi) is 8.43. The van der Waals surface area contributed by atoms with Crippen molar-refractivity contribution in [3.05, 3.63) is 59.9 Å². The summed E-state index contributed by atoms with van der Waals surface area (Å²) in [5, 5.41) is 0. The highest BCUT2D eigenvalue weighted by molar-refractivity contribution is 5.94. The molecule has 0 aliphatic carbocycles. The molecule has 1 aliphatic rings. The predicted octanol–water partition coefficient (Wildman–Crippen LogP) is 3.19. The van der Waals surface area contributed by atoms with E-state index >= 15 is 0 Å². The van der Waals surface area contributed by atoms with E-state index in [9.17, 15) is 4.79 Å². The summed E-state index contributed by atoms with van der Waals surface area (Å²) in [6.07, 6.45) is 5.01. The predicted molar refractivity (Wildman–Crippen MR) is 125 cm³/mol. The van der Waals surface area contributed by atoms with Crippen molar-refractivity contribution in [1.82, 2.24) is 19.7 Å². The van der Waals surface area contributed by atoms with Gasteiger partial charge in [0, 0.05) is 63.1 Å². The van der Waals surface area contributed by atoms with Gasteiger partial charge in [0.05, 0.1) is 0 Å². The average molecular weight is 425 g/mol. The van der Waals surface area contributed by atoms with Crippen LogP contribution >= 0.6 is 0 Å². The number of hydrogen-bond donors (Lipinski definition) is 0. The van der Waals surface area contributed by atoms with Crippen LogP contribution in [0.2, 0.25) is 0 Å². The van der Waals surface area contributed by atoms with Gasteiger partial charge in [0.2, 0.25) is 0 Å². The molecule has 2 heterocycles. The molecule has 6 heteroatoms. The highest BCUT2D eigenvalue weighted by Gasteiger charge is 2.24. The van der Waals surface area contributed by atoms with E-state index in [1.165, 1.54) is 0 Å². The molecule has 2 aromatic rings. The molecule has 0 radical (unpaired) electrons. The monoisotopic (exact) mass is 424 g/mol. The molecule has 1 aromatic heterocycles. The van der Waals surface area contributed by atoms with Gasteiger partial charge in [-0.15, -0.1) is 0 Å². The molecule has 1 aromatic carbocycles. The van der Waals surface area contributed by atoms with Gasteiger partial charge in [-0.25, -0.2) is 0 Å². The minimum Gasteiger partial charge on any atom is -0.490 e. The molecule has 0 saturated carbocycles. The number of carbonyl (C=O) groups is 1. The number of benzene rings is 1. The minimum atomic E-state index is 0.0328. The van der Waals surface area contributed by atoms with Crippen LogP contribution in [-0.4, -0.2) is 85.1 Å². The number of nitrogens with zero attached hydrogens (tertiary/aromatic N) is 4. The minimum absolute atomic E-state index is 0.0328. The summed E-state index contributed by atoms with van der Waals surface area (Å²) in [5.74, 6) is 0.817. The number of ether oxygens (including phenoxy) is 1. The molecule has 31 heavy (non-hydrogen) atoms. The number of likely N-dealkylation sites (tertiary alicyclic amines) is 1. The van der Waals surface area contributed by atoms with Gasteiger partial charge >= 0.3 is 0 Å². The first-order valence-electron chi connectivity index (χ1n) is 11.2. The zero-order valence-corrected chi connectivity index (χ0v) is 19.3. The summed E-state index contributed by atoms with van der Waals surface area (Å²) >= 11 is 0. The van der Waals surface area contributed by atoms with Crippen molar-refractivity contribution in [1.29, 1.82) is 0 Å². The lowest BCUT2D eigenvalue weighted by molar-refractivity contribution is 0.0767. The van der Waals surface area contributed by atoms with Crippen LogP contribution in [-0.2, 0) is 6.42 Å². The van der Waals surface area contributed by atoms with Crippen molar-refractivity contribution in [3.8, 4) is 5.75 Å². The van der Waals surface area contributed by atoms with E-state index in [1.54, 1.807) is 4.90 Å². The number of piperidine rings is 1. The largest absolute Gasteiger partial charge is 0.490 e. The van der Waals surface area contributed by atoms with Crippen molar-refractivity contribution >= 4 is 5.91 Å². The fraction of sp³-hybridized carbons (Fsp3) is 0.520. The van der Waals surface area contributed by atoms with Crippen molar-refractivity contribution in [2.75, 3.05) is 47.3 Å². The first-order valence-corrected chi connectivity index (χ1v) is 11.2. The van der Waals surface area contributed by atoms with E-state index in [2.05, 4.69) is 27.8 Å². The highest BCUT2D eigenvalue weighted by atomic mass is 16.5. The van der Waals surface area contributed by atoms with Gasteiger partial charge in [0.1, 0.15) is 11.9 Å². The van der Waals surface area contributed by atoms with Crippen LogP contribution in [0.4, 0.5) is 0 Å². The van der Waals surface area contributed by atoms with E-state index < -0.39 is 0 Å². The molecular formula is C25H36N4O2. The number of rotatable bonds is 9. The van der Waals surface area contributed by atoms with Crippen LogP contribution in [0.15, 0.2) is 48.7 Å². The summed E-state index contributed by atoms with van der Waals surface area (Å²) in [4.78, 5) is 23.5. The lowest BCUT2D eigenvalue weighted by Crippen LogP contribution is -2.43. The molecule has 1 atom stereocenters. The number of amides is 1. The van der Waals surface area contributed by atoms with Gasteiger partial charge in [-0.05, 0) is 64.2 Å². The molecule has 0 unspecified atom stereocenters. The third kappa shape index (κ3) is 7.04. The highest BCUT2D eigenvalue weighted by Crippen LogP contribution is 2.22. The Balaban J connectivity index is 1.49. The number of pyridine rings is 1. The van der Waals surface area contributed by atoms with Crippen molar-refractivity contribution in [2.45, 2.75) is 38.3 Å². The van der Waals surface area contributed by atoms with E-state index in [4.69, 9.17) is 4.74 Å². The molecule has 3 rings (SSSR count). The quantitative estimate of drug-likeness (QED) is 0.619. The molecule has 1 aliphatic heterocycles. The fourth-order valence-corrected chi connectivity index (χ4v) is 3.95. The fourth-order valence-electron chi connectivity index (χ4n) is 3.95. The smallest absolute Gasteiger partial charge is 0.253 e. The Labute approximate surface area is 186 Å². The standard InChI is InChI=1S/C25H36N4O2/c1-20(18-22-9-5-6-13-26-22)29-14-11-23(12-15-29)31-24-10-7-8-21(19-24)25(30)28(4)17-16-27(2)3/h5-10,13,19-20,23H,11-12,14-18H2,1-4H3/t20-/m0/s1. The van der Waals surface area contributed by atoms with E-state index in [0.29, 0.717) is 18.2 Å². The second-order valence-electron chi connectivity index (χ2n) is 8.79. The Morgan fingerprint density at radius 2 is 1.90 bits per heavy atom. The lowest BCUT2D eigenvalue weighted by atomic mass is 10.0.